The largest absolute Gasteiger partial charge is 0.394 e. The van der Waals surface area contributed by atoms with Gasteiger partial charge in [-0.2, -0.15) is 0 Å². The molecule has 1 aliphatic carbocycles. The van der Waals surface area contributed by atoms with Crippen LogP contribution in [0.4, 0.5) is 0 Å². The van der Waals surface area contributed by atoms with Crippen LogP contribution in [0.3, 0.4) is 0 Å². The first kappa shape index (κ1) is 22.4. The maximum absolute atomic E-state index is 9.86. The highest BCUT2D eigenvalue weighted by Gasteiger charge is 2.39. The lowest BCUT2D eigenvalue weighted by Gasteiger charge is -2.16. The molecule has 2 aromatic carbocycles. The smallest absolute Gasteiger partial charge is 0.137 e. The lowest BCUT2D eigenvalue weighted by atomic mass is 10.0. The molecule has 0 amide bonds. The number of imidazole rings is 1. The molecule has 32 heavy (non-hydrogen) atoms. The number of nitrogens with zero attached hydrogens (tertiary/aromatic N) is 2. The van der Waals surface area contributed by atoms with Gasteiger partial charge in [0.15, 0.2) is 0 Å². The fraction of sp³-hybridized carbons (Fsp3) is 0.346. The Morgan fingerprint density at radius 1 is 1.09 bits per heavy atom. The fourth-order valence-corrected chi connectivity index (χ4v) is 4.01. The summed E-state index contributed by atoms with van der Waals surface area (Å²) in [7, 11) is 0. The molecule has 1 aromatic heterocycles. The van der Waals surface area contributed by atoms with Gasteiger partial charge in [-0.15, -0.1) is 0 Å². The number of aliphatic hydroxyl groups excluding tert-OH is 3. The summed E-state index contributed by atoms with van der Waals surface area (Å²) in [5.41, 5.74) is 4.61. The second kappa shape index (κ2) is 10.2. The van der Waals surface area contributed by atoms with Gasteiger partial charge >= 0.3 is 0 Å². The van der Waals surface area contributed by atoms with Gasteiger partial charge in [-0.1, -0.05) is 60.7 Å². The van der Waals surface area contributed by atoms with Gasteiger partial charge in [-0.25, -0.2) is 4.98 Å². The average molecular weight is 435 g/mol. The molecular formula is C26H30N2O4. The van der Waals surface area contributed by atoms with Crippen LogP contribution in [-0.2, 0) is 4.74 Å². The summed E-state index contributed by atoms with van der Waals surface area (Å²) < 4.78 is 7.39. The summed E-state index contributed by atoms with van der Waals surface area (Å²) in [6.45, 7) is 2.06. The molecule has 0 bridgehead atoms. The van der Waals surface area contributed by atoms with Crippen molar-refractivity contribution in [3.05, 3.63) is 84.0 Å². The predicted octanol–water partition coefficient (Wildman–Crippen LogP) is 3.72. The van der Waals surface area contributed by atoms with Crippen molar-refractivity contribution < 1.29 is 20.1 Å². The van der Waals surface area contributed by atoms with Crippen LogP contribution in [-0.4, -0.2) is 50.8 Å². The highest BCUT2D eigenvalue weighted by Crippen LogP contribution is 2.43. The van der Waals surface area contributed by atoms with E-state index in [0.717, 1.165) is 23.1 Å². The summed E-state index contributed by atoms with van der Waals surface area (Å²) in [5.74, 6) is 0.970. The van der Waals surface area contributed by atoms with E-state index in [0.29, 0.717) is 18.3 Å². The molecule has 0 unspecified atom stereocenters. The highest BCUT2D eigenvalue weighted by atomic mass is 16.5. The maximum Gasteiger partial charge on any atom is 0.137 e. The Morgan fingerprint density at radius 3 is 2.41 bits per heavy atom. The van der Waals surface area contributed by atoms with Gasteiger partial charge in [0, 0.05) is 18.3 Å². The van der Waals surface area contributed by atoms with Gasteiger partial charge < -0.3 is 24.6 Å². The number of hydrogen-bond acceptors (Lipinski definition) is 5. The standard InChI is InChI=1S/C26H30N2O4/c1-18(31)26-27-12-13-28(26)23(17-30)11-4-19-2-5-20(6-3-19)21-7-9-22(10-8-21)24-16-25(24)32-15-14-29/h2-13,18,23-25,29-31H,14-17H2,1H3/b11-4+/t18-,23-,24-,25+/m0/s1. The minimum absolute atomic E-state index is 0.0699. The number of aromatic nitrogens is 2. The first-order valence-corrected chi connectivity index (χ1v) is 11.0. The molecule has 0 spiro atoms. The fourth-order valence-electron chi connectivity index (χ4n) is 4.01. The molecule has 6 nitrogen and oxygen atoms in total. The van der Waals surface area contributed by atoms with E-state index < -0.39 is 6.10 Å². The Hall–Kier alpha value is -2.77. The van der Waals surface area contributed by atoms with E-state index in [2.05, 4.69) is 53.5 Å². The van der Waals surface area contributed by atoms with Crippen LogP contribution in [0.25, 0.3) is 17.2 Å². The van der Waals surface area contributed by atoms with Crippen LogP contribution >= 0.6 is 0 Å². The Balaban J connectivity index is 1.40. The van der Waals surface area contributed by atoms with Crippen LogP contribution < -0.4 is 0 Å². The maximum atomic E-state index is 9.86. The van der Waals surface area contributed by atoms with Gasteiger partial charge in [-0.3, -0.25) is 0 Å². The van der Waals surface area contributed by atoms with Crippen LogP contribution in [0.2, 0.25) is 0 Å². The number of ether oxygens (including phenoxy) is 1. The van der Waals surface area contributed by atoms with E-state index in [-0.39, 0.29) is 25.4 Å². The van der Waals surface area contributed by atoms with Crippen molar-refractivity contribution in [2.24, 2.45) is 0 Å². The van der Waals surface area contributed by atoms with Crippen molar-refractivity contribution in [3.63, 3.8) is 0 Å². The van der Waals surface area contributed by atoms with E-state index in [1.54, 1.807) is 23.9 Å². The zero-order valence-electron chi connectivity index (χ0n) is 18.2. The second-order valence-electron chi connectivity index (χ2n) is 8.20. The topological polar surface area (TPSA) is 87.7 Å². The molecule has 6 heteroatoms. The lowest BCUT2D eigenvalue weighted by molar-refractivity contribution is 0.0778. The number of benzene rings is 2. The molecule has 4 atom stereocenters. The molecule has 4 rings (SSSR count). The highest BCUT2D eigenvalue weighted by molar-refractivity contribution is 5.66. The average Bonchev–Trinajstić information content (AvgIpc) is 3.43. The first-order chi connectivity index (χ1) is 15.6. The van der Waals surface area contributed by atoms with Crippen molar-refractivity contribution in [2.75, 3.05) is 19.8 Å². The molecule has 168 valence electrons. The van der Waals surface area contributed by atoms with E-state index in [4.69, 9.17) is 9.84 Å². The summed E-state index contributed by atoms with van der Waals surface area (Å²) in [4.78, 5) is 4.17. The monoisotopic (exact) mass is 434 g/mol. The number of rotatable bonds is 10. The second-order valence-corrected chi connectivity index (χ2v) is 8.20. The summed E-state index contributed by atoms with van der Waals surface area (Å²) in [6.07, 6.45) is 7.85. The minimum atomic E-state index is -0.697. The van der Waals surface area contributed by atoms with Crippen LogP contribution in [0, 0.1) is 0 Å². The lowest BCUT2D eigenvalue weighted by Crippen LogP contribution is -2.14. The summed E-state index contributed by atoms with van der Waals surface area (Å²) in [5, 5.41) is 28.5. The predicted molar refractivity (Wildman–Crippen MR) is 124 cm³/mol. The number of aliphatic hydroxyl groups is 3. The van der Waals surface area contributed by atoms with Crippen LogP contribution in [0.1, 0.15) is 48.4 Å². The van der Waals surface area contributed by atoms with Crippen LogP contribution in [0.15, 0.2) is 67.0 Å². The van der Waals surface area contributed by atoms with Crippen molar-refractivity contribution >= 4 is 6.08 Å². The van der Waals surface area contributed by atoms with Crippen molar-refractivity contribution in [3.8, 4) is 11.1 Å². The van der Waals surface area contributed by atoms with Crippen molar-refractivity contribution in [1.29, 1.82) is 0 Å². The molecule has 1 fully saturated rings. The van der Waals surface area contributed by atoms with E-state index in [9.17, 15) is 10.2 Å². The Morgan fingerprint density at radius 2 is 1.78 bits per heavy atom. The third-order valence-electron chi connectivity index (χ3n) is 5.87. The molecule has 0 saturated heterocycles. The van der Waals surface area contributed by atoms with Gasteiger partial charge in [0.1, 0.15) is 11.9 Å². The molecule has 3 aromatic rings. The van der Waals surface area contributed by atoms with E-state index in [1.165, 1.54) is 5.56 Å². The molecule has 3 N–H and O–H groups in total. The van der Waals surface area contributed by atoms with Gasteiger partial charge in [0.25, 0.3) is 0 Å². The van der Waals surface area contributed by atoms with Crippen LogP contribution in [0.5, 0.6) is 0 Å². The number of hydrogen-bond donors (Lipinski definition) is 3. The Kier molecular flexibility index (Phi) is 7.17. The molecule has 1 aliphatic rings. The van der Waals surface area contributed by atoms with Crippen molar-refractivity contribution in [2.45, 2.75) is 37.5 Å². The first-order valence-electron chi connectivity index (χ1n) is 11.0. The quantitative estimate of drug-likeness (QED) is 0.453. The van der Waals surface area contributed by atoms with Gasteiger partial charge in [-0.05, 0) is 35.6 Å². The summed E-state index contributed by atoms with van der Waals surface area (Å²) >= 11 is 0. The Labute approximate surface area is 188 Å². The Bertz CT molecular complexity index is 1020. The van der Waals surface area contributed by atoms with E-state index in [1.807, 2.05) is 12.2 Å². The van der Waals surface area contributed by atoms with Gasteiger partial charge in [0.2, 0.25) is 0 Å². The molecule has 0 radical (unpaired) electrons. The van der Waals surface area contributed by atoms with E-state index >= 15 is 0 Å². The zero-order chi connectivity index (χ0) is 22.5. The van der Waals surface area contributed by atoms with Gasteiger partial charge in [0.05, 0.1) is 32.0 Å². The molecule has 1 saturated carbocycles. The molecular weight excluding hydrogens is 404 g/mol. The molecule has 1 heterocycles. The normalized spacial score (nSPS) is 19.9. The third kappa shape index (κ3) is 5.16. The zero-order valence-corrected chi connectivity index (χ0v) is 18.2. The summed E-state index contributed by atoms with van der Waals surface area (Å²) in [6, 6.07) is 16.6. The minimum Gasteiger partial charge on any atom is -0.394 e. The van der Waals surface area contributed by atoms with Crippen molar-refractivity contribution in [1.82, 2.24) is 9.55 Å². The SMILES string of the molecule is C[C@H](O)c1nccn1[C@@H](/C=C/c1ccc(-c2ccc([C@@H]3C[C@H]3OCCO)cc2)cc1)CO. The third-order valence-corrected chi connectivity index (χ3v) is 5.87. The molecule has 0 aliphatic heterocycles.